The molecule has 122 valence electrons. The molecule has 1 saturated carbocycles. The molecule has 4 rings (SSSR count). The summed E-state index contributed by atoms with van der Waals surface area (Å²) >= 11 is 0. The van der Waals surface area contributed by atoms with E-state index >= 15 is 0 Å². The minimum Gasteiger partial charge on any atom is -0.378 e. The van der Waals surface area contributed by atoms with E-state index in [2.05, 4.69) is 43.2 Å². The van der Waals surface area contributed by atoms with Crippen LogP contribution in [0.5, 0.6) is 0 Å². The molecule has 0 radical (unpaired) electrons. The average Bonchev–Trinajstić information content (AvgIpc) is 3.32. The molecule has 0 atom stereocenters. The van der Waals surface area contributed by atoms with Gasteiger partial charge in [-0.25, -0.2) is 4.98 Å². The van der Waals surface area contributed by atoms with Crippen LogP contribution in [0.15, 0.2) is 30.6 Å². The van der Waals surface area contributed by atoms with Gasteiger partial charge in [0.2, 0.25) is 0 Å². The van der Waals surface area contributed by atoms with Crippen LogP contribution in [0.4, 0.5) is 11.5 Å². The normalized spacial score (nSPS) is 18.2. The summed E-state index contributed by atoms with van der Waals surface area (Å²) in [7, 11) is 0. The predicted molar refractivity (Wildman–Crippen MR) is 89.5 cm³/mol. The first-order chi connectivity index (χ1) is 11.4. The Labute approximate surface area is 136 Å². The number of hydrogen-bond donors (Lipinski definition) is 1. The molecule has 2 aliphatic rings. The van der Waals surface area contributed by atoms with E-state index in [1.165, 1.54) is 18.5 Å². The maximum atomic E-state index is 5.38. The Morgan fingerprint density at radius 1 is 1.17 bits per heavy atom. The Kier molecular flexibility index (Phi) is 4.15. The van der Waals surface area contributed by atoms with Gasteiger partial charge in [-0.2, -0.15) is 5.10 Å². The zero-order valence-corrected chi connectivity index (χ0v) is 13.3. The zero-order chi connectivity index (χ0) is 15.5. The summed E-state index contributed by atoms with van der Waals surface area (Å²) in [5, 5.41) is 7.87. The van der Waals surface area contributed by atoms with Crippen LogP contribution in [0.2, 0.25) is 0 Å². The molecule has 0 amide bonds. The first kappa shape index (κ1) is 14.5. The van der Waals surface area contributed by atoms with Gasteiger partial charge in [-0.05, 0) is 37.0 Å². The lowest BCUT2D eigenvalue weighted by Gasteiger charge is -2.27. The van der Waals surface area contributed by atoms with Crippen LogP contribution < -0.4 is 10.2 Å². The highest BCUT2D eigenvalue weighted by molar-refractivity contribution is 5.48. The summed E-state index contributed by atoms with van der Waals surface area (Å²) < 4.78 is 7.50. The molecule has 0 bridgehead atoms. The van der Waals surface area contributed by atoms with E-state index in [1.807, 2.05) is 12.4 Å². The summed E-state index contributed by atoms with van der Waals surface area (Å²) in [5.74, 6) is 1.86. The molecule has 1 N–H and O–H groups in total. The molecule has 23 heavy (non-hydrogen) atoms. The number of nitrogens with zero attached hydrogens (tertiary/aromatic N) is 4. The number of anilines is 2. The third-order valence-corrected chi connectivity index (χ3v) is 4.49. The highest BCUT2D eigenvalue weighted by atomic mass is 16.5. The highest BCUT2D eigenvalue weighted by Gasteiger charge is 2.22. The lowest BCUT2D eigenvalue weighted by molar-refractivity contribution is 0.122. The van der Waals surface area contributed by atoms with Crippen molar-refractivity contribution in [2.24, 2.45) is 5.92 Å². The predicted octanol–water partition coefficient (Wildman–Crippen LogP) is 2.14. The van der Waals surface area contributed by atoms with E-state index < -0.39 is 0 Å². The van der Waals surface area contributed by atoms with Crippen LogP contribution in [0.3, 0.4) is 0 Å². The van der Waals surface area contributed by atoms with Gasteiger partial charge in [-0.15, -0.1) is 0 Å². The maximum Gasteiger partial charge on any atom is 0.128 e. The van der Waals surface area contributed by atoms with Crippen molar-refractivity contribution in [2.75, 3.05) is 36.5 Å². The Hall–Kier alpha value is -2.08. The third kappa shape index (κ3) is 3.64. The van der Waals surface area contributed by atoms with Crippen molar-refractivity contribution >= 4 is 11.5 Å². The maximum absolute atomic E-state index is 5.38. The zero-order valence-electron chi connectivity index (χ0n) is 13.3. The number of hydrogen-bond acceptors (Lipinski definition) is 5. The molecule has 6 heteroatoms. The summed E-state index contributed by atoms with van der Waals surface area (Å²) in [5.41, 5.74) is 2.27. The van der Waals surface area contributed by atoms with Gasteiger partial charge >= 0.3 is 0 Å². The fraction of sp³-hybridized carbons (Fsp3) is 0.529. The minimum absolute atomic E-state index is 0.783. The molecule has 0 aromatic carbocycles. The number of ether oxygens (including phenoxy) is 1. The smallest absolute Gasteiger partial charge is 0.128 e. The molecule has 2 fully saturated rings. The third-order valence-electron chi connectivity index (χ3n) is 4.49. The van der Waals surface area contributed by atoms with Gasteiger partial charge in [0.15, 0.2) is 0 Å². The quantitative estimate of drug-likeness (QED) is 0.885. The van der Waals surface area contributed by atoms with Gasteiger partial charge in [-0.1, -0.05) is 0 Å². The van der Waals surface area contributed by atoms with E-state index in [0.29, 0.717) is 0 Å². The van der Waals surface area contributed by atoms with E-state index in [9.17, 15) is 0 Å². The number of pyridine rings is 1. The molecule has 2 aromatic heterocycles. The number of aromatic nitrogens is 3. The van der Waals surface area contributed by atoms with Crippen LogP contribution in [-0.4, -0.2) is 41.1 Å². The standard InChI is InChI=1S/C17H23N5O/c1-2-14(1)13-22-16(5-6-20-22)12-18-15-3-4-17(19-11-15)21-7-9-23-10-8-21/h3-6,11,14,18H,1-2,7-10,12-13H2. The second-order valence-corrected chi connectivity index (χ2v) is 6.31. The van der Waals surface area contributed by atoms with Crippen LogP contribution in [-0.2, 0) is 17.8 Å². The molecular weight excluding hydrogens is 290 g/mol. The molecule has 3 heterocycles. The van der Waals surface area contributed by atoms with Crippen molar-refractivity contribution in [1.29, 1.82) is 0 Å². The lowest BCUT2D eigenvalue weighted by atomic mass is 10.3. The summed E-state index contributed by atoms with van der Waals surface area (Å²) in [6, 6.07) is 6.26. The van der Waals surface area contributed by atoms with Crippen LogP contribution in [0, 0.1) is 5.92 Å². The second kappa shape index (κ2) is 6.58. The Bertz CT molecular complexity index is 629. The molecule has 0 unspecified atom stereocenters. The number of nitrogens with one attached hydrogen (secondary N) is 1. The lowest BCUT2D eigenvalue weighted by Crippen LogP contribution is -2.36. The van der Waals surface area contributed by atoms with Crippen LogP contribution in [0.1, 0.15) is 18.5 Å². The van der Waals surface area contributed by atoms with Crippen LogP contribution >= 0.6 is 0 Å². The monoisotopic (exact) mass is 313 g/mol. The molecule has 1 aliphatic carbocycles. The van der Waals surface area contributed by atoms with Gasteiger partial charge < -0.3 is 15.0 Å². The Balaban J connectivity index is 1.34. The number of rotatable bonds is 6. The van der Waals surface area contributed by atoms with Crippen molar-refractivity contribution in [1.82, 2.24) is 14.8 Å². The van der Waals surface area contributed by atoms with Crippen molar-refractivity contribution in [3.05, 3.63) is 36.3 Å². The first-order valence-electron chi connectivity index (χ1n) is 8.42. The summed E-state index contributed by atoms with van der Waals surface area (Å²) in [6.07, 6.45) is 6.49. The first-order valence-corrected chi connectivity index (χ1v) is 8.42. The van der Waals surface area contributed by atoms with E-state index in [-0.39, 0.29) is 0 Å². The van der Waals surface area contributed by atoms with Gasteiger partial charge in [0.25, 0.3) is 0 Å². The largest absolute Gasteiger partial charge is 0.378 e. The highest BCUT2D eigenvalue weighted by Crippen LogP contribution is 2.30. The second-order valence-electron chi connectivity index (χ2n) is 6.31. The van der Waals surface area contributed by atoms with Gasteiger partial charge in [0.1, 0.15) is 5.82 Å². The van der Waals surface area contributed by atoms with Gasteiger partial charge in [0, 0.05) is 25.8 Å². The molecule has 1 aliphatic heterocycles. The molecular formula is C17H23N5O. The Morgan fingerprint density at radius 2 is 2.04 bits per heavy atom. The molecule has 6 nitrogen and oxygen atoms in total. The number of morpholine rings is 1. The molecule has 1 saturated heterocycles. The summed E-state index contributed by atoms with van der Waals surface area (Å²) in [4.78, 5) is 6.83. The average molecular weight is 313 g/mol. The van der Waals surface area contributed by atoms with Crippen molar-refractivity contribution in [2.45, 2.75) is 25.9 Å². The SMILES string of the molecule is c1cc(CNc2ccc(N3CCOCC3)nc2)n(CC2CC2)n1. The van der Waals surface area contributed by atoms with Gasteiger partial charge in [0.05, 0.1) is 37.3 Å². The van der Waals surface area contributed by atoms with E-state index in [4.69, 9.17) is 4.74 Å². The van der Waals surface area contributed by atoms with E-state index in [0.717, 1.165) is 56.8 Å². The van der Waals surface area contributed by atoms with Gasteiger partial charge in [-0.3, -0.25) is 4.68 Å². The van der Waals surface area contributed by atoms with Crippen molar-refractivity contribution in [3.8, 4) is 0 Å². The fourth-order valence-electron chi connectivity index (χ4n) is 2.88. The molecule has 2 aromatic rings. The van der Waals surface area contributed by atoms with E-state index in [1.54, 1.807) is 0 Å². The minimum atomic E-state index is 0.783. The topological polar surface area (TPSA) is 55.2 Å². The summed E-state index contributed by atoms with van der Waals surface area (Å²) in [6.45, 7) is 5.24. The van der Waals surface area contributed by atoms with Crippen molar-refractivity contribution < 1.29 is 4.74 Å². The van der Waals surface area contributed by atoms with Crippen molar-refractivity contribution in [3.63, 3.8) is 0 Å². The van der Waals surface area contributed by atoms with Crippen LogP contribution in [0.25, 0.3) is 0 Å². The Morgan fingerprint density at radius 3 is 2.78 bits per heavy atom. The molecule has 0 spiro atoms. The fourth-order valence-corrected chi connectivity index (χ4v) is 2.88.